The van der Waals surface area contributed by atoms with E-state index in [1.54, 1.807) is 7.05 Å². The van der Waals surface area contributed by atoms with Crippen molar-refractivity contribution < 1.29 is 9.53 Å². The molecule has 3 heteroatoms. The van der Waals surface area contributed by atoms with Crippen LogP contribution < -0.4 is 10.1 Å². The molecule has 0 saturated heterocycles. The Kier molecular flexibility index (Phi) is 3.67. The molecule has 0 aliphatic carbocycles. The minimum absolute atomic E-state index is 0.102. The van der Waals surface area contributed by atoms with Crippen molar-refractivity contribution in [3.63, 3.8) is 0 Å². The molecule has 1 atom stereocenters. The second-order valence-electron chi connectivity index (χ2n) is 4.44. The van der Waals surface area contributed by atoms with E-state index in [9.17, 15) is 4.79 Å². The molecule has 1 N–H and O–H groups in total. The topological polar surface area (TPSA) is 38.3 Å². The molecule has 3 nitrogen and oxygen atoms in total. The largest absolute Gasteiger partial charge is 0.493 e. The van der Waals surface area contributed by atoms with Gasteiger partial charge in [0.1, 0.15) is 5.75 Å². The van der Waals surface area contributed by atoms with E-state index in [0.29, 0.717) is 18.9 Å². The maximum atomic E-state index is 11.5. The van der Waals surface area contributed by atoms with Crippen LogP contribution in [0.1, 0.15) is 36.8 Å². The van der Waals surface area contributed by atoms with Crippen LogP contribution in [0.25, 0.3) is 0 Å². The van der Waals surface area contributed by atoms with Gasteiger partial charge in [0, 0.05) is 13.5 Å². The number of hydrogen-bond acceptors (Lipinski definition) is 2. The summed E-state index contributed by atoms with van der Waals surface area (Å²) in [4.78, 5) is 11.5. The van der Waals surface area contributed by atoms with E-state index in [1.807, 2.05) is 6.07 Å². The number of carbonyl (C=O) groups is 1. The Labute approximate surface area is 102 Å². The summed E-state index contributed by atoms with van der Waals surface area (Å²) >= 11 is 0. The monoisotopic (exact) mass is 233 g/mol. The highest BCUT2D eigenvalue weighted by molar-refractivity contribution is 5.76. The van der Waals surface area contributed by atoms with E-state index in [2.05, 4.69) is 24.4 Å². The number of ether oxygens (including phenoxy) is 1. The summed E-state index contributed by atoms with van der Waals surface area (Å²) in [6, 6.07) is 6.31. The van der Waals surface area contributed by atoms with Crippen molar-refractivity contribution in [1.29, 1.82) is 0 Å². The number of hydrogen-bond donors (Lipinski definition) is 1. The van der Waals surface area contributed by atoms with Crippen molar-refractivity contribution in [2.24, 2.45) is 0 Å². The predicted octanol–water partition coefficient (Wildman–Crippen LogP) is 2.25. The molecule has 1 amide bonds. The third-order valence-electron chi connectivity index (χ3n) is 3.36. The zero-order valence-electron chi connectivity index (χ0n) is 10.5. The molecule has 0 saturated carbocycles. The Balaban J connectivity index is 2.25. The van der Waals surface area contributed by atoms with Gasteiger partial charge in [-0.3, -0.25) is 4.79 Å². The molecule has 1 aromatic carbocycles. The van der Waals surface area contributed by atoms with Gasteiger partial charge in [-0.1, -0.05) is 19.1 Å². The average Bonchev–Trinajstić information content (AvgIpc) is 2.38. The number of amides is 1. The minimum atomic E-state index is 0.102. The number of nitrogens with one attached hydrogen (secondary N) is 1. The molecular formula is C14H19NO2. The quantitative estimate of drug-likeness (QED) is 0.869. The summed E-state index contributed by atoms with van der Waals surface area (Å²) in [6.45, 7) is 2.85. The van der Waals surface area contributed by atoms with E-state index < -0.39 is 0 Å². The lowest BCUT2D eigenvalue weighted by atomic mass is 9.88. The summed E-state index contributed by atoms with van der Waals surface area (Å²) < 4.78 is 5.64. The van der Waals surface area contributed by atoms with E-state index in [4.69, 9.17) is 4.74 Å². The van der Waals surface area contributed by atoms with Crippen LogP contribution in [0.4, 0.5) is 0 Å². The van der Waals surface area contributed by atoms with Gasteiger partial charge >= 0.3 is 0 Å². The number of carbonyl (C=O) groups excluding carboxylic acids is 1. The molecular weight excluding hydrogens is 214 g/mol. The zero-order chi connectivity index (χ0) is 12.3. The van der Waals surface area contributed by atoms with Crippen molar-refractivity contribution >= 4 is 5.91 Å². The maximum Gasteiger partial charge on any atom is 0.220 e. The average molecular weight is 233 g/mol. The smallest absolute Gasteiger partial charge is 0.220 e. The van der Waals surface area contributed by atoms with Crippen molar-refractivity contribution in [2.45, 2.75) is 32.1 Å². The zero-order valence-corrected chi connectivity index (χ0v) is 10.5. The minimum Gasteiger partial charge on any atom is -0.493 e. The Morgan fingerprint density at radius 1 is 1.53 bits per heavy atom. The van der Waals surface area contributed by atoms with Crippen LogP contribution in [-0.4, -0.2) is 19.6 Å². The van der Waals surface area contributed by atoms with Crippen LogP contribution in [-0.2, 0) is 11.2 Å². The summed E-state index contributed by atoms with van der Waals surface area (Å²) in [7, 11) is 1.69. The Morgan fingerprint density at radius 2 is 2.35 bits per heavy atom. The molecule has 1 aliphatic heterocycles. The Morgan fingerprint density at radius 3 is 3.06 bits per heavy atom. The Hall–Kier alpha value is -1.51. The normalized spacial score (nSPS) is 18.1. The molecule has 1 unspecified atom stereocenters. The second kappa shape index (κ2) is 5.21. The number of rotatable bonds is 3. The molecule has 92 valence electrons. The standard InChI is InChI=1S/C14H19NO2/c1-3-10-4-5-13-12(8-10)11(6-7-17-13)9-14(16)15-2/h4-5,8,11H,3,6-7,9H2,1-2H3,(H,15,16). The molecule has 0 fully saturated rings. The summed E-state index contributed by atoms with van der Waals surface area (Å²) in [5.74, 6) is 1.34. The highest BCUT2D eigenvalue weighted by atomic mass is 16.5. The van der Waals surface area contributed by atoms with Gasteiger partial charge in [-0.25, -0.2) is 0 Å². The van der Waals surface area contributed by atoms with Crippen LogP contribution in [0.3, 0.4) is 0 Å². The first-order chi connectivity index (χ1) is 8.24. The lowest BCUT2D eigenvalue weighted by Crippen LogP contribution is -2.23. The number of benzene rings is 1. The van der Waals surface area contributed by atoms with Gasteiger partial charge in [-0.2, -0.15) is 0 Å². The molecule has 1 aromatic rings. The summed E-state index contributed by atoms with van der Waals surface area (Å²) in [6.07, 6.45) is 2.49. The van der Waals surface area contributed by atoms with Gasteiger partial charge in [-0.05, 0) is 36.0 Å². The fourth-order valence-electron chi connectivity index (χ4n) is 2.27. The molecule has 1 heterocycles. The van der Waals surface area contributed by atoms with Gasteiger partial charge in [0.25, 0.3) is 0 Å². The van der Waals surface area contributed by atoms with Gasteiger partial charge in [0.05, 0.1) is 6.61 Å². The van der Waals surface area contributed by atoms with E-state index in [-0.39, 0.29) is 5.91 Å². The van der Waals surface area contributed by atoms with Crippen molar-refractivity contribution in [1.82, 2.24) is 5.32 Å². The molecule has 0 spiro atoms. The fourth-order valence-corrected chi connectivity index (χ4v) is 2.27. The summed E-state index contributed by atoms with van der Waals surface area (Å²) in [5.41, 5.74) is 2.50. The predicted molar refractivity (Wildman–Crippen MR) is 67.4 cm³/mol. The first-order valence-corrected chi connectivity index (χ1v) is 6.20. The van der Waals surface area contributed by atoms with Crippen molar-refractivity contribution in [2.75, 3.05) is 13.7 Å². The van der Waals surface area contributed by atoms with Crippen molar-refractivity contribution in [3.05, 3.63) is 29.3 Å². The van der Waals surface area contributed by atoms with Crippen LogP contribution in [0.15, 0.2) is 18.2 Å². The van der Waals surface area contributed by atoms with Gasteiger partial charge in [0.15, 0.2) is 0 Å². The molecule has 0 aromatic heterocycles. The van der Waals surface area contributed by atoms with Gasteiger partial charge < -0.3 is 10.1 Å². The second-order valence-corrected chi connectivity index (χ2v) is 4.44. The van der Waals surface area contributed by atoms with Gasteiger partial charge in [0.2, 0.25) is 5.91 Å². The molecule has 17 heavy (non-hydrogen) atoms. The third-order valence-corrected chi connectivity index (χ3v) is 3.36. The van der Waals surface area contributed by atoms with Crippen LogP contribution in [0, 0.1) is 0 Å². The molecule has 1 aliphatic rings. The van der Waals surface area contributed by atoms with Crippen molar-refractivity contribution in [3.8, 4) is 5.75 Å². The highest BCUT2D eigenvalue weighted by Gasteiger charge is 2.23. The lowest BCUT2D eigenvalue weighted by Gasteiger charge is -2.26. The Bertz CT molecular complexity index is 415. The van der Waals surface area contributed by atoms with Crippen LogP contribution >= 0.6 is 0 Å². The van der Waals surface area contributed by atoms with E-state index >= 15 is 0 Å². The third kappa shape index (κ3) is 2.60. The number of aryl methyl sites for hydroxylation is 1. The maximum absolute atomic E-state index is 11.5. The fraction of sp³-hybridized carbons (Fsp3) is 0.500. The molecule has 0 radical (unpaired) electrons. The first-order valence-electron chi connectivity index (χ1n) is 6.20. The SMILES string of the molecule is CCc1ccc2c(c1)C(CC(=O)NC)CCO2. The van der Waals surface area contributed by atoms with E-state index in [0.717, 1.165) is 18.6 Å². The highest BCUT2D eigenvalue weighted by Crippen LogP contribution is 2.36. The molecule has 0 bridgehead atoms. The first kappa shape index (κ1) is 12.0. The van der Waals surface area contributed by atoms with Crippen LogP contribution in [0.5, 0.6) is 5.75 Å². The summed E-state index contributed by atoms with van der Waals surface area (Å²) in [5, 5.41) is 2.69. The molecule has 2 rings (SSSR count). The lowest BCUT2D eigenvalue weighted by molar-refractivity contribution is -0.121. The number of fused-ring (bicyclic) bond motifs is 1. The van der Waals surface area contributed by atoms with Crippen LogP contribution in [0.2, 0.25) is 0 Å². The van der Waals surface area contributed by atoms with E-state index in [1.165, 1.54) is 11.1 Å². The van der Waals surface area contributed by atoms with Gasteiger partial charge in [-0.15, -0.1) is 0 Å².